The highest BCUT2D eigenvalue weighted by Gasteiger charge is 2.44. The number of hydrogen-bond donors (Lipinski definition) is 1. The highest BCUT2D eigenvalue weighted by Crippen LogP contribution is 2.44. The monoisotopic (exact) mass is 556 g/mol. The van der Waals surface area contributed by atoms with Gasteiger partial charge in [0, 0.05) is 31.7 Å². The summed E-state index contributed by atoms with van der Waals surface area (Å²) in [6, 6.07) is 22.6. The van der Waals surface area contributed by atoms with E-state index in [1.54, 1.807) is 0 Å². The van der Waals surface area contributed by atoms with Crippen LogP contribution in [0, 0.1) is 0 Å². The number of morpholine rings is 1. The molecular weight excluding hydrogens is 524 g/mol. The van der Waals surface area contributed by atoms with E-state index in [0.29, 0.717) is 43.6 Å². The molecule has 4 aromatic rings. The summed E-state index contributed by atoms with van der Waals surface area (Å²) in [6.45, 7) is 6.74. The number of hydrogen-bond acceptors (Lipinski definition) is 7. The van der Waals surface area contributed by atoms with Gasteiger partial charge < -0.3 is 19.7 Å². The summed E-state index contributed by atoms with van der Waals surface area (Å²) >= 11 is 1.45. The second-order valence-electron chi connectivity index (χ2n) is 9.94. The van der Waals surface area contributed by atoms with E-state index < -0.39 is 12.0 Å². The van der Waals surface area contributed by atoms with Crippen LogP contribution in [0.15, 0.2) is 72.8 Å². The highest BCUT2D eigenvalue weighted by atomic mass is 32.1. The van der Waals surface area contributed by atoms with Crippen LogP contribution in [0.3, 0.4) is 0 Å². The van der Waals surface area contributed by atoms with Gasteiger partial charge in [-0.25, -0.2) is 4.98 Å². The number of nitrogens with one attached hydrogen (secondary N) is 1. The number of anilines is 1. The standard InChI is InChI=1S/C31H32N4O4S/c1-2-39-22-13-11-21(12-14-22)28-27(29(36)33-31-32-25-9-5-6-10-26(25)40-31)23-7-3-4-8-24(23)30(37)35(28)16-15-34-17-19-38-20-18-34/h3-14,27-28H,2,15-20H2,1H3,(H,32,33,36)/t27-,28-/m1/s1. The minimum atomic E-state index is -0.622. The Bertz CT molecular complexity index is 1470. The lowest BCUT2D eigenvalue weighted by Gasteiger charge is -2.42. The Morgan fingerprint density at radius 1 is 1.02 bits per heavy atom. The van der Waals surface area contributed by atoms with Gasteiger partial charge in [0.25, 0.3) is 5.91 Å². The van der Waals surface area contributed by atoms with Crippen molar-refractivity contribution in [3.8, 4) is 5.75 Å². The summed E-state index contributed by atoms with van der Waals surface area (Å²) in [7, 11) is 0. The molecule has 0 saturated carbocycles. The Balaban J connectivity index is 1.39. The Hall–Kier alpha value is -3.79. The third-order valence-corrected chi connectivity index (χ3v) is 8.49. The van der Waals surface area contributed by atoms with E-state index in [9.17, 15) is 9.59 Å². The van der Waals surface area contributed by atoms with E-state index in [1.807, 2.05) is 84.6 Å². The van der Waals surface area contributed by atoms with E-state index in [4.69, 9.17) is 9.47 Å². The number of para-hydroxylation sites is 1. The van der Waals surface area contributed by atoms with Gasteiger partial charge >= 0.3 is 0 Å². The predicted molar refractivity (Wildman–Crippen MR) is 156 cm³/mol. The van der Waals surface area contributed by atoms with E-state index in [-0.39, 0.29) is 11.8 Å². The number of carbonyl (C=O) groups is 2. The summed E-state index contributed by atoms with van der Waals surface area (Å²) in [6.07, 6.45) is 0. The summed E-state index contributed by atoms with van der Waals surface area (Å²) in [5.74, 6) is -0.117. The molecule has 0 bridgehead atoms. The van der Waals surface area contributed by atoms with Crippen LogP contribution in [0.5, 0.6) is 5.75 Å². The molecule has 6 rings (SSSR count). The van der Waals surface area contributed by atoms with Crippen LogP contribution in [0.2, 0.25) is 0 Å². The van der Waals surface area contributed by atoms with Gasteiger partial charge in [-0.3, -0.25) is 14.5 Å². The van der Waals surface area contributed by atoms with E-state index in [1.165, 1.54) is 11.3 Å². The average molecular weight is 557 g/mol. The van der Waals surface area contributed by atoms with Crippen molar-refractivity contribution >= 4 is 38.5 Å². The molecule has 0 aliphatic carbocycles. The molecule has 0 unspecified atom stereocenters. The zero-order valence-corrected chi connectivity index (χ0v) is 23.2. The Morgan fingerprint density at radius 2 is 1.77 bits per heavy atom. The van der Waals surface area contributed by atoms with Crippen LogP contribution in [-0.2, 0) is 9.53 Å². The molecule has 8 nitrogen and oxygen atoms in total. The number of nitrogens with zero attached hydrogens (tertiary/aromatic N) is 3. The molecule has 3 heterocycles. The van der Waals surface area contributed by atoms with Gasteiger partial charge in [0.15, 0.2) is 5.13 Å². The first-order chi connectivity index (χ1) is 19.6. The van der Waals surface area contributed by atoms with Crippen molar-refractivity contribution < 1.29 is 19.1 Å². The second kappa shape index (κ2) is 11.8. The third-order valence-electron chi connectivity index (χ3n) is 7.54. The SMILES string of the molecule is CCOc1ccc([C@@H]2[C@H](C(=O)Nc3nc4ccccc4s3)c3ccccc3C(=O)N2CCN2CCOCC2)cc1. The molecule has 2 amide bonds. The Morgan fingerprint density at radius 3 is 2.55 bits per heavy atom. The molecule has 40 heavy (non-hydrogen) atoms. The second-order valence-corrected chi connectivity index (χ2v) is 11.0. The fourth-order valence-corrected chi connectivity index (χ4v) is 6.47. The number of rotatable bonds is 8. The van der Waals surface area contributed by atoms with Gasteiger partial charge in [-0.1, -0.05) is 53.8 Å². The predicted octanol–water partition coefficient (Wildman–Crippen LogP) is 4.95. The molecule has 0 radical (unpaired) electrons. The van der Waals surface area contributed by atoms with Gasteiger partial charge in [0.05, 0.1) is 42.0 Å². The lowest BCUT2D eigenvalue weighted by Crippen LogP contribution is -2.49. The first kappa shape index (κ1) is 26.4. The van der Waals surface area contributed by atoms with Crippen LogP contribution < -0.4 is 10.1 Å². The van der Waals surface area contributed by atoms with Crippen molar-refractivity contribution in [3.05, 3.63) is 89.5 Å². The maximum absolute atomic E-state index is 14.2. The Labute approximate surface area is 237 Å². The normalized spacial score (nSPS) is 19.4. The van der Waals surface area contributed by atoms with E-state index in [0.717, 1.165) is 40.2 Å². The fourth-order valence-electron chi connectivity index (χ4n) is 5.60. The minimum Gasteiger partial charge on any atom is -0.494 e. The lowest BCUT2D eigenvalue weighted by molar-refractivity contribution is -0.119. The largest absolute Gasteiger partial charge is 0.494 e. The zero-order valence-electron chi connectivity index (χ0n) is 22.4. The molecule has 2 aliphatic rings. The fraction of sp³-hybridized carbons (Fsp3) is 0.323. The lowest BCUT2D eigenvalue weighted by atomic mass is 9.79. The van der Waals surface area contributed by atoms with Gasteiger partial charge in [0.2, 0.25) is 5.91 Å². The van der Waals surface area contributed by atoms with Crippen molar-refractivity contribution in [1.82, 2.24) is 14.8 Å². The average Bonchev–Trinajstić information content (AvgIpc) is 3.40. The molecule has 1 fully saturated rings. The Kier molecular flexibility index (Phi) is 7.77. The number of thiazole rings is 1. The molecule has 1 N–H and O–H groups in total. The summed E-state index contributed by atoms with van der Waals surface area (Å²) in [5, 5.41) is 3.64. The van der Waals surface area contributed by atoms with Crippen LogP contribution in [-0.4, -0.2) is 72.6 Å². The van der Waals surface area contributed by atoms with Gasteiger partial charge in [-0.05, 0) is 48.4 Å². The summed E-state index contributed by atoms with van der Waals surface area (Å²) in [4.78, 5) is 37.0. The van der Waals surface area contributed by atoms with Gasteiger partial charge in [-0.15, -0.1) is 0 Å². The minimum absolute atomic E-state index is 0.0632. The first-order valence-corrected chi connectivity index (χ1v) is 14.5. The van der Waals surface area contributed by atoms with Gasteiger partial charge in [0.1, 0.15) is 5.75 Å². The molecule has 3 aromatic carbocycles. The van der Waals surface area contributed by atoms with Crippen LogP contribution in [0.1, 0.15) is 40.4 Å². The van der Waals surface area contributed by atoms with Crippen LogP contribution in [0.25, 0.3) is 10.2 Å². The molecule has 1 aromatic heterocycles. The number of benzene rings is 3. The molecule has 9 heteroatoms. The molecular formula is C31H32N4O4S. The summed E-state index contributed by atoms with van der Waals surface area (Å²) < 4.78 is 12.2. The topological polar surface area (TPSA) is 84.0 Å². The maximum Gasteiger partial charge on any atom is 0.254 e. The number of carbonyl (C=O) groups excluding carboxylic acids is 2. The third kappa shape index (κ3) is 5.32. The zero-order chi connectivity index (χ0) is 27.5. The molecule has 1 saturated heterocycles. The van der Waals surface area contributed by atoms with Gasteiger partial charge in [-0.2, -0.15) is 0 Å². The van der Waals surface area contributed by atoms with Crippen molar-refractivity contribution in [3.63, 3.8) is 0 Å². The molecule has 2 atom stereocenters. The van der Waals surface area contributed by atoms with E-state index >= 15 is 0 Å². The van der Waals surface area contributed by atoms with Crippen molar-refractivity contribution in [2.75, 3.05) is 51.3 Å². The first-order valence-electron chi connectivity index (χ1n) is 13.7. The van der Waals surface area contributed by atoms with Crippen LogP contribution in [0.4, 0.5) is 5.13 Å². The van der Waals surface area contributed by atoms with E-state index in [2.05, 4.69) is 15.2 Å². The number of amides is 2. The smallest absolute Gasteiger partial charge is 0.254 e. The highest BCUT2D eigenvalue weighted by molar-refractivity contribution is 7.22. The number of ether oxygens (including phenoxy) is 2. The molecule has 0 spiro atoms. The molecule has 2 aliphatic heterocycles. The quantitative estimate of drug-likeness (QED) is 0.331. The van der Waals surface area contributed by atoms with Crippen molar-refractivity contribution in [1.29, 1.82) is 0 Å². The van der Waals surface area contributed by atoms with Crippen molar-refractivity contribution in [2.45, 2.75) is 18.9 Å². The number of fused-ring (bicyclic) bond motifs is 2. The molecule has 206 valence electrons. The van der Waals surface area contributed by atoms with Crippen molar-refractivity contribution in [2.24, 2.45) is 0 Å². The maximum atomic E-state index is 14.2. The van der Waals surface area contributed by atoms with Crippen LogP contribution >= 0.6 is 11.3 Å². The number of aromatic nitrogens is 1. The summed E-state index contributed by atoms with van der Waals surface area (Å²) in [5.41, 5.74) is 3.03.